The Bertz CT molecular complexity index is 597. The van der Waals surface area contributed by atoms with Gasteiger partial charge in [0.15, 0.2) is 5.96 Å². The quantitative estimate of drug-likeness (QED) is 0.290. The van der Waals surface area contributed by atoms with Gasteiger partial charge in [-0.2, -0.15) is 0 Å². The maximum absolute atomic E-state index is 11.6. The van der Waals surface area contributed by atoms with Crippen LogP contribution in [0.2, 0.25) is 0 Å². The average molecular weight is 501 g/mol. The van der Waals surface area contributed by atoms with Crippen molar-refractivity contribution < 1.29 is 4.79 Å². The number of amides is 1. The number of nitrogens with one attached hydrogen (secondary N) is 3. The van der Waals surface area contributed by atoms with Crippen LogP contribution in [0.15, 0.2) is 29.3 Å². The first-order valence-electron chi connectivity index (χ1n) is 10.2. The van der Waals surface area contributed by atoms with E-state index in [1.54, 1.807) is 0 Å². The van der Waals surface area contributed by atoms with Crippen molar-refractivity contribution in [3.63, 3.8) is 0 Å². The van der Waals surface area contributed by atoms with Crippen LogP contribution >= 0.6 is 24.0 Å². The van der Waals surface area contributed by atoms with E-state index in [1.807, 2.05) is 38.2 Å². The zero-order valence-electron chi connectivity index (χ0n) is 17.5. The molecule has 1 amide bonds. The van der Waals surface area contributed by atoms with Crippen LogP contribution in [0.25, 0.3) is 0 Å². The molecule has 0 unspecified atom stereocenters. The molecule has 1 heterocycles. The molecule has 1 aliphatic rings. The van der Waals surface area contributed by atoms with Crippen LogP contribution in [0.4, 0.5) is 5.69 Å². The summed E-state index contributed by atoms with van der Waals surface area (Å²) in [5.74, 6) is 0.919. The molecule has 0 saturated carbocycles. The molecule has 1 aromatic carbocycles. The Balaban J connectivity index is 0.00000392. The number of aliphatic imine (C=N–C) groups is 1. The SMILES string of the molecule is CCCC(=O)Nc1ccc(CNC(=NC)NC2CCN(CCC)CC2)cc1.I. The van der Waals surface area contributed by atoms with Gasteiger partial charge < -0.3 is 20.9 Å². The number of benzene rings is 1. The summed E-state index contributed by atoms with van der Waals surface area (Å²) in [4.78, 5) is 18.5. The molecular formula is C21H36IN5O. The largest absolute Gasteiger partial charge is 0.354 e. The minimum atomic E-state index is 0. The van der Waals surface area contributed by atoms with Crippen molar-refractivity contribution in [1.82, 2.24) is 15.5 Å². The van der Waals surface area contributed by atoms with E-state index >= 15 is 0 Å². The number of carbonyl (C=O) groups excluding carboxylic acids is 1. The fourth-order valence-electron chi connectivity index (χ4n) is 3.35. The molecule has 0 bridgehead atoms. The molecule has 158 valence electrons. The smallest absolute Gasteiger partial charge is 0.224 e. The lowest BCUT2D eigenvalue weighted by atomic mass is 10.1. The van der Waals surface area contributed by atoms with Crippen molar-refractivity contribution in [1.29, 1.82) is 0 Å². The van der Waals surface area contributed by atoms with Gasteiger partial charge in [-0.1, -0.05) is 26.0 Å². The summed E-state index contributed by atoms with van der Waals surface area (Å²) in [5, 5.41) is 9.85. The van der Waals surface area contributed by atoms with Crippen LogP contribution in [-0.4, -0.2) is 49.5 Å². The van der Waals surface area contributed by atoms with Crippen LogP contribution in [0.5, 0.6) is 0 Å². The predicted molar refractivity (Wildman–Crippen MR) is 128 cm³/mol. The number of hydrogen-bond acceptors (Lipinski definition) is 3. The molecule has 0 spiro atoms. The summed E-state index contributed by atoms with van der Waals surface area (Å²) >= 11 is 0. The van der Waals surface area contributed by atoms with Gasteiger partial charge in [-0.25, -0.2) is 0 Å². The van der Waals surface area contributed by atoms with Gasteiger partial charge >= 0.3 is 0 Å². The highest BCUT2D eigenvalue weighted by molar-refractivity contribution is 14.0. The molecule has 1 aliphatic heterocycles. The van der Waals surface area contributed by atoms with Gasteiger partial charge in [0, 0.05) is 44.8 Å². The minimum Gasteiger partial charge on any atom is -0.354 e. The Morgan fingerprint density at radius 2 is 1.82 bits per heavy atom. The number of likely N-dealkylation sites (tertiary alicyclic amines) is 1. The molecule has 1 aromatic rings. The van der Waals surface area contributed by atoms with Crippen LogP contribution in [0.1, 0.15) is 51.5 Å². The van der Waals surface area contributed by atoms with Gasteiger partial charge in [-0.3, -0.25) is 9.79 Å². The van der Waals surface area contributed by atoms with E-state index in [0.717, 1.165) is 49.6 Å². The van der Waals surface area contributed by atoms with E-state index in [4.69, 9.17) is 0 Å². The van der Waals surface area contributed by atoms with Crippen molar-refractivity contribution in [3.8, 4) is 0 Å². The number of nitrogens with zero attached hydrogens (tertiary/aromatic N) is 2. The lowest BCUT2D eigenvalue weighted by molar-refractivity contribution is -0.116. The molecule has 28 heavy (non-hydrogen) atoms. The fraction of sp³-hybridized carbons (Fsp3) is 0.619. The van der Waals surface area contributed by atoms with Gasteiger partial charge in [0.25, 0.3) is 0 Å². The number of hydrogen-bond donors (Lipinski definition) is 3. The summed E-state index contributed by atoms with van der Waals surface area (Å²) in [6, 6.07) is 8.45. The van der Waals surface area contributed by atoms with Crippen molar-refractivity contribution in [2.24, 2.45) is 4.99 Å². The maximum Gasteiger partial charge on any atom is 0.224 e. The van der Waals surface area contributed by atoms with Crippen molar-refractivity contribution in [2.75, 3.05) is 32.0 Å². The fourth-order valence-corrected chi connectivity index (χ4v) is 3.35. The second kappa shape index (κ2) is 13.8. The molecule has 0 aliphatic carbocycles. The van der Waals surface area contributed by atoms with E-state index in [1.165, 1.54) is 13.0 Å². The highest BCUT2D eigenvalue weighted by Crippen LogP contribution is 2.12. The predicted octanol–water partition coefficient (Wildman–Crippen LogP) is 3.58. The monoisotopic (exact) mass is 501 g/mol. The zero-order valence-corrected chi connectivity index (χ0v) is 19.8. The molecule has 1 saturated heterocycles. The number of halogens is 1. The van der Waals surface area contributed by atoms with Gasteiger partial charge in [0.05, 0.1) is 0 Å². The lowest BCUT2D eigenvalue weighted by Gasteiger charge is -2.32. The standard InChI is InChI=1S/C21H35N5O.HI/c1-4-6-20(27)24-18-9-7-17(8-10-18)16-23-21(22-3)25-19-11-14-26(13-5-2)15-12-19;/h7-10,19H,4-6,11-16H2,1-3H3,(H,24,27)(H2,22,23,25);1H. The first kappa shape index (κ1) is 24.7. The van der Waals surface area contributed by atoms with Gasteiger partial charge in [-0.15, -0.1) is 24.0 Å². The number of rotatable bonds is 8. The molecule has 7 heteroatoms. The third kappa shape index (κ3) is 8.77. The Hall–Kier alpha value is -1.35. The number of anilines is 1. The van der Waals surface area contributed by atoms with Gasteiger partial charge in [0.1, 0.15) is 0 Å². The molecule has 2 rings (SSSR count). The van der Waals surface area contributed by atoms with E-state index in [-0.39, 0.29) is 29.9 Å². The summed E-state index contributed by atoms with van der Waals surface area (Å²) in [7, 11) is 1.81. The molecular weight excluding hydrogens is 465 g/mol. The molecule has 3 N–H and O–H groups in total. The number of piperidine rings is 1. The molecule has 1 fully saturated rings. The molecule has 0 radical (unpaired) electrons. The van der Waals surface area contributed by atoms with Gasteiger partial charge in [0.2, 0.25) is 5.91 Å². The van der Waals surface area contributed by atoms with Crippen LogP contribution in [0.3, 0.4) is 0 Å². The Kier molecular flexibility index (Phi) is 12.1. The maximum atomic E-state index is 11.6. The molecule has 0 aromatic heterocycles. The second-order valence-electron chi connectivity index (χ2n) is 7.18. The first-order chi connectivity index (χ1) is 13.1. The summed E-state index contributed by atoms with van der Waals surface area (Å²) in [6.45, 7) is 8.47. The zero-order chi connectivity index (χ0) is 19.5. The highest BCUT2D eigenvalue weighted by atomic mass is 127. The van der Waals surface area contributed by atoms with E-state index in [0.29, 0.717) is 19.0 Å². The summed E-state index contributed by atoms with van der Waals surface area (Å²) < 4.78 is 0. The first-order valence-corrected chi connectivity index (χ1v) is 10.2. The lowest BCUT2D eigenvalue weighted by Crippen LogP contribution is -2.48. The number of carbonyl (C=O) groups is 1. The van der Waals surface area contributed by atoms with Crippen LogP contribution in [-0.2, 0) is 11.3 Å². The van der Waals surface area contributed by atoms with Gasteiger partial charge in [-0.05, 0) is 49.9 Å². The third-order valence-electron chi connectivity index (χ3n) is 4.87. The second-order valence-corrected chi connectivity index (χ2v) is 7.18. The Morgan fingerprint density at radius 3 is 2.39 bits per heavy atom. The Labute approximate surface area is 187 Å². The van der Waals surface area contributed by atoms with Crippen LogP contribution < -0.4 is 16.0 Å². The summed E-state index contributed by atoms with van der Waals surface area (Å²) in [6.07, 6.45) is 4.96. The minimum absolute atomic E-state index is 0. The van der Waals surface area contributed by atoms with Crippen molar-refractivity contribution >= 4 is 41.5 Å². The summed E-state index contributed by atoms with van der Waals surface area (Å²) in [5.41, 5.74) is 2.00. The van der Waals surface area contributed by atoms with Crippen molar-refractivity contribution in [2.45, 2.75) is 58.5 Å². The normalized spacial score (nSPS) is 15.6. The number of guanidine groups is 1. The third-order valence-corrected chi connectivity index (χ3v) is 4.87. The van der Waals surface area contributed by atoms with Crippen molar-refractivity contribution in [3.05, 3.63) is 29.8 Å². The van der Waals surface area contributed by atoms with E-state index in [9.17, 15) is 4.79 Å². The van der Waals surface area contributed by atoms with E-state index < -0.39 is 0 Å². The molecule has 6 nitrogen and oxygen atoms in total. The Morgan fingerprint density at radius 1 is 1.14 bits per heavy atom. The topological polar surface area (TPSA) is 68.8 Å². The highest BCUT2D eigenvalue weighted by Gasteiger charge is 2.19. The average Bonchev–Trinajstić information content (AvgIpc) is 2.68. The van der Waals surface area contributed by atoms with E-state index in [2.05, 4.69) is 32.8 Å². The molecule has 0 atom stereocenters. The van der Waals surface area contributed by atoms with Crippen LogP contribution in [0, 0.1) is 0 Å².